The smallest absolute Gasteiger partial charge is 0.324 e. The molecular formula is C10H17N3O2S2. The molecule has 1 atom stereocenters. The SMILES string of the molecule is CCOC(=O)C(CSc1nncs1)NC(C)C. The van der Waals surface area contributed by atoms with Crippen LogP contribution in [0.4, 0.5) is 0 Å². The topological polar surface area (TPSA) is 64.1 Å². The van der Waals surface area contributed by atoms with E-state index < -0.39 is 0 Å². The molecule has 0 radical (unpaired) electrons. The summed E-state index contributed by atoms with van der Waals surface area (Å²) < 4.78 is 5.89. The van der Waals surface area contributed by atoms with E-state index in [9.17, 15) is 4.79 Å². The maximum atomic E-state index is 11.7. The molecule has 0 aliphatic carbocycles. The van der Waals surface area contributed by atoms with Crippen LogP contribution in [0, 0.1) is 0 Å². The Morgan fingerprint density at radius 3 is 2.94 bits per heavy atom. The number of rotatable bonds is 7. The molecule has 1 rings (SSSR count). The summed E-state index contributed by atoms with van der Waals surface area (Å²) in [7, 11) is 0. The van der Waals surface area contributed by atoms with E-state index in [1.807, 2.05) is 20.8 Å². The summed E-state index contributed by atoms with van der Waals surface area (Å²) in [5.41, 5.74) is 1.68. The van der Waals surface area contributed by atoms with Crippen LogP contribution in [0.3, 0.4) is 0 Å². The predicted molar refractivity (Wildman–Crippen MR) is 69.3 cm³/mol. The van der Waals surface area contributed by atoms with Crippen LogP contribution < -0.4 is 5.32 Å². The van der Waals surface area contributed by atoms with E-state index in [-0.39, 0.29) is 18.1 Å². The van der Waals surface area contributed by atoms with E-state index in [0.29, 0.717) is 12.4 Å². The van der Waals surface area contributed by atoms with Crippen LogP contribution in [0.15, 0.2) is 9.85 Å². The van der Waals surface area contributed by atoms with Crippen molar-refractivity contribution in [2.24, 2.45) is 0 Å². The second-order valence-corrected chi connectivity index (χ2v) is 5.74. The summed E-state index contributed by atoms with van der Waals surface area (Å²) in [4.78, 5) is 11.7. The van der Waals surface area contributed by atoms with Crippen molar-refractivity contribution in [3.63, 3.8) is 0 Å². The first-order chi connectivity index (χ1) is 8.13. The maximum Gasteiger partial charge on any atom is 0.324 e. The summed E-state index contributed by atoms with van der Waals surface area (Å²) in [6.45, 7) is 6.21. The molecule has 0 aliphatic rings. The van der Waals surface area contributed by atoms with Crippen LogP contribution in [0.25, 0.3) is 0 Å². The molecule has 0 amide bonds. The lowest BCUT2D eigenvalue weighted by Crippen LogP contribution is -2.43. The van der Waals surface area contributed by atoms with Crippen molar-refractivity contribution in [1.29, 1.82) is 0 Å². The fraction of sp³-hybridized carbons (Fsp3) is 0.700. The van der Waals surface area contributed by atoms with Gasteiger partial charge in [-0.25, -0.2) is 0 Å². The van der Waals surface area contributed by atoms with Gasteiger partial charge in [-0.05, 0) is 6.92 Å². The second-order valence-electron chi connectivity index (χ2n) is 3.64. The Kier molecular flexibility index (Phi) is 6.46. The molecule has 1 heterocycles. The zero-order valence-electron chi connectivity index (χ0n) is 10.2. The maximum absolute atomic E-state index is 11.7. The van der Waals surface area contributed by atoms with Crippen LogP contribution in [-0.4, -0.2) is 40.6 Å². The lowest BCUT2D eigenvalue weighted by molar-refractivity contribution is -0.145. The van der Waals surface area contributed by atoms with Crippen molar-refractivity contribution >= 4 is 29.1 Å². The molecule has 1 aromatic rings. The van der Waals surface area contributed by atoms with Crippen molar-refractivity contribution in [3.8, 4) is 0 Å². The lowest BCUT2D eigenvalue weighted by atomic mass is 10.3. The highest BCUT2D eigenvalue weighted by Gasteiger charge is 2.21. The summed E-state index contributed by atoms with van der Waals surface area (Å²) in [5.74, 6) is 0.393. The van der Waals surface area contributed by atoms with Gasteiger partial charge in [0.25, 0.3) is 0 Å². The molecule has 0 fully saturated rings. The number of carbonyl (C=O) groups excluding carboxylic acids is 1. The average molecular weight is 275 g/mol. The molecule has 7 heteroatoms. The minimum Gasteiger partial charge on any atom is -0.465 e. The molecule has 0 aromatic carbocycles. The van der Waals surface area contributed by atoms with Gasteiger partial charge in [-0.15, -0.1) is 10.2 Å². The average Bonchev–Trinajstić information content (AvgIpc) is 2.76. The van der Waals surface area contributed by atoms with Crippen molar-refractivity contribution in [2.75, 3.05) is 12.4 Å². The Labute approximate surface area is 109 Å². The van der Waals surface area contributed by atoms with Gasteiger partial charge in [0.2, 0.25) is 0 Å². The number of aromatic nitrogens is 2. The van der Waals surface area contributed by atoms with E-state index in [0.717, 1.165) is 4.34 Å². The van der Waals surface area contributed by atoms with Gasteiger partial charge < -0.3 is 10.1 Å². The number of esters is 1. The number of hydrogen-bond acceptors (Lipinski definition) is 7. The fourth-order valence-electron chi connectivity index (χ4n) is 1.21. The third-order valence-electron chi connectivity index (χ3n) is 1.82. The third kappa shape index (κ3) is 5.47. The highest BCUT2D eigenvalue weighted by atomic mass is 32.2. The number of hydrogen-bond donors (Lipinski definition) is 1. The largest absolute Gasteiger partial charge is 0.465 e. The van der Waals surface area contributed by atoms with Crippen LogP contribution in [-0.2, 0) is 9.53 Å². The lowest BCUT2D eigenvalue weighted by Gasteiger charge is -2.18. The fourth-order valence-corrected chi connectivity index (χ4v) is 2.74. The van der Waals surface area contributed by atoms with Crippen LogP contribution >= 0.6 is 23.1 Å². The number of thioether (sulfide) groups is 1. The molecule has 0 saturated carbocycles. The summed E-state index contributed by atoms with van der Waals surface area (Å²) in [6.07, 6.45) is 0. The zero-order chi connectivity index (χ0) is 12.7. The normalized spacial score (nSPS) is 12.7. The molecule has 0 saturated heterocycles. The van der Waals surface area contributed by atoms with Gasteiger partial charge in [0.15, 0.2) is 4.34 Å². The van der Waals surface area contributed by atoms with Crippen molar-refractivity contribution < 1.29 is 9.53 Å². The third-order valence-corrected chi connectivity index (χ3v) is 3.77. The molecule has 0 aliphatic heterocycles. The minimum absolute atomic E-state index is 0.210. The van der Waals surface area contributed by atoms with Gasteiger partial charge in [0.05, 0.1) is 6.61 Å². The highest BCUT2D eigenvalue weighted by molar-refractivity contribution is 8.01. The van der Waals surface area contributed by atoms with E-state index >= 15 is 0 Å². The molecule has 1 unspecified atom stereocenters. The van der Waals surface area contributed by atoms with E-state index in [1.165, 1.54) is 23.1 Å². The van der Waals surface area contributed by atoms with E-state index in [4.69, 9.17) is 4.74 Å². The monoisotopic (exact) mass is 275 g/mol. The van der Waals surface area contributed by atoms with Gasteiger partial charge in [0, 0.05) is 11.8 Å². The van der Waals surface area contributed by atoms with Gasteiger partial charge in [-0.3, -0.25) is 4.79 Å². The quantitative estimate of drug-likeness (QED) is 0.602. The minimum atomic E-state index is -0.302. The molecule has 0 spiro atoms. The summed E-state index contributed by atoms with van der Waals surface area (Å²) >= 11 is 2.98. The molecule has 1 N–H and O–H groups in total. The number of nitrogens with one attached hydrogen (secondary N) is 1. The molecule has 17 heavy (non-hydrogen) atoms. The molecule has 5 nitrogen and oxygen atoms in total. The number of nitrogens with zero attached hydrogens (tertiary/aromatic N) is 2. The van der Waals surface area contributed by atoms with Crippen molar-refractivity contribution in [3.05, 3.63) is 5.51 Å². The van der Waals surface area contributed by atoms with Crippen molar-refractivity contribution in [2.45, 2.75) is 37.2 Å². The Morgan fingerprint density at radius 2 is 2.41 bits per heavy atom. The van der Waals surface area contributed by atoms with E-state index in [1.54, 1.807) is 5.51 Å². The molecular weight excluding hydrogens is 258 g/mol. The molecule has 1 aromatic heterocycles. The predicted octanol–water partition coefficient (Wildman–Crippen LogP) is 1.56. The van der Waals surface area contributed by atoms with Gasteiger partial charge >= 0.3 is 5.97 Å². The second kappa shape index (κ2) is 7.62. The first-order valence-electron chi connectivity index (χ1n) is 5.45. The Balaban J connectivity index is 2.48. The zero-order valence-corrected chi connectivity index (χ0v) is 11.8. The summed E-state index contributed by atoms with van der Waals surface area (Å²) in [5, 5.41) is 10.9. The molecule has 0 bridgehead atoms. The standard InChI is InChI=1S/C10H17N3O2S2/c1-4-15-9(14)8(12-7(2)3)5-16-10-13-11-6-17-10/h6-8,12H,4-5H2,1-3H3. The van der Waals surface area contributed by atoms with Crippen molar-refractivity contribution in [1.82, 2.24) is 15.5 Å². The summed E-state index contributed by atoms with van der Waals surface area (Å²) in [6, 6.07) is -0.0664. The van der Waals surface area contributed by atoms with Gasteiger partial charge in [0.1, 0.15) is 11.6 Å². The van der Waals surface area contributed by atoms with Crippen LogP contribution in [0.5, 0.6) is 0 Å². The first-order valence-corrected chi connectivity index (χ1v) is 7.31. The molecule has 96 valence electrons. The van der Waals surface area contributed by atoms with Crippen LogP contribution in [0.2, 0.25) is 0 Å². The van der Waals surface area contributed by atoms with Gasteiger partial charge in [-0.2, -0.15) is 0 Å². The van der Waals surface area contributed by atoms with E-state index in [2.05, 4.69) is 15.5 Å². The Bertz CT molecular complexity index is 330. The Morgan fingerprint density at radius 1 is 1.65 bits per heavy atom. The van der Waals surface area contributed by atoms with Gasteiger partial charge in [-0.1, -0.05) is 36.9 Å². The van der Waals surface area contributed by atoms with Crippen LogP contribution in [0.1, 0.15) is 20.8 Å². The number of ether oxygens (including phenoxy) is 1. The first kappa shape index (κ1) is 14.4. The Hall–Kier alpha value is -0.660. The number of carbonyl (C=O) groups is 1. The highest BCUT2D eigenvalue weighted by Crippen LogP contribution is 2.20.